The van der Waals surface area contributed by atoms with Gasteiger partial charge in [0, 0.05) is 12.8 Å². The molecule has 4 aliphatic carbocycles. The van der Waals surface area contributed by atoms with Crippen LogP contribution in [0, 0.1) is 34.5 Å². The van der Waals surface area contributed by atoms with Crippen molar-refractivity contribution in [1.29, 1.82) is 0 Å². The second-order valence-electron chi connectivity index (χ2n) is 9.04. The van der Waals surface area contributed by atoms with E-state index in [1.165, 1.54) is 32.1 Å². The molecule has 0 radical (unpaired) electrons. The zero-order chi connectivity index (χ0) is 14.8. The molecule has 0 aromatic carbocycles. The predicted octanol–water partition coefficient (Wildman–Crippen LogP) is 3.96. The maximum Gasteiger partial charge on any atom is 0.133 e. The van der Waals surface area contributed by atoms with Gasteiger partial charge in [-0.05, 0) is 79.4 Å². The quantitative estimate of drug-likeness (QED) is 0.733. The molecule has 0 heterocycles. The highest BCUT2D eigenvalue weighted by Gasteiger charge is 2.59. The van der Waals surface area contributed by atoms with Crippen molar-refractivity contribution in [3.05, 3.63) is 0 Å². The molecule has 0 aliphatic heterocycles. The van der Waals surface area contributed by atoms with E-state index in [0.29, 0.717) is 17.1 Å². The van der Waals surface area contributed by atoms with Crippen molar-refractivity contribution in [3.63, 3.8) is 0 Å². The lowest BCUT2D eigenvalue weighted by Gasteiger charge is -2.60. The van der Waals surface area contributed by atoms with Gasteiger partial charge in [-0.3, -0.25) is 4.79 Å². The number of carbonyl (C=O) groups excluding carboxylic acids is 1. The Kier molecular flexibility index (Phi) is 3.10. The molecule has 4 rings (SSSR count). The number of fused-ring (bicyclic) bond motifs is 5. The fourth-order valence-electron chi connectivity index (χ4n) is 7.02. The zero-order valence-electron chi connectivity index (χ0n) is 13.6. The summed E-state index contributed by atoms with van der Waals surface area (Å²) in [6.07, 6.45) is 10.0. The summed E-state index contributed by atoms with van der Waals surface area (Å²) in [5, 5.41) is 10.5. The van der Waals surface area contributed by atoms with Crippen LogP contribution in [-0.4, -0.2) is 17.0 Å². The summed E-state index contributed by atoms with van der Waals surface area (Å²) >= 11 is 0. The van der Waals surface area contributed by atoms with E-state index in [-0.39, 0.29) is 11.5 Å². The molecule has 2 nitrogen and oxygen atoms in total. The summed E-state index contributed by atoms with van der Waals surface area (Å²) in [5.41, 5.74) is 0.598. The second-order valence-corrected chi connectivity index (χ2v) is 9.04. The minimum atomic E-state index is -0.0677. The van der Waals surface area contributed by atoms with E-state index in [9.17, 15) is 9.90 Å². The van der Waals surface area contributed by atoms with Gasteiger partial charge in [0.05, 0.1) is 6.10 Å². The smallest absolute Gasteiger partial charge is 0.133 e. The lowest BCUT2D eigenvalue weighted by molar-refractivity contribution is -0.141. The van der Waals surface area contributed by atoms with Gasteiger partial charge < -0.3 is 5.11 Å². The highest BCUT2D eigenvalue weighted by molar-refractivity contribution is 5.79. The van der Waals surface area contributed by atoms with E-state index >= 15 is 0 Å². The van der Waals surface area contributed by atoms with E-state index in [2.05, 4.69) is 13.8 Å². The van der Waals surface area contributed by atoms with Crippen LogP contribution in [0.1, 0.15) is 71.6 Å². The van der Waals surface area contributed by atoms with Crippen molar-refractivity contribution in [2.45, 2.75) is 77.7 Å². The van der Waals surface area contributed by atoms with E-state index in [0.717, 1.165) is 43.4 Å². The maximum absolute atomic E-state index is 11.9. The number of aliphatic hydroxyl groups is 1. The minimum Gasteiger partial charge on any atom is -0.393 e. The van der Waals surface area contributed by atoms with Gasteiger partial charge in [0.2, 0.25) is 0 Å². The number of hydrogen-bond donors (Lipinski definition) is 1. The summed E-state index contributed by atoms with van der Waals surface area (Å²) < 4.78 is 0. The first-order valence-corrected chi connectivity index (χ1v) is 9.15. The van der Waals surface area contributed by atoms with Crippen LogP contribution >= 0.6 is 0 Å². The average Bonchev–Trinajstić information content (AvgIpc) is 2.76. The van der Waals surface area contributed by atoms with Crippen LogP contribution in [0.2, 0.25) is 0 Å². The Morgan fingerprint density at radius 1 is 0.952 bits per heavy atom. The van der Waals surface area contributed by atoms with Gasteiger partial charge in [-0.15, -0.1) is 0 Å². The average molecular weight is 290 g/mol. The lowest BCUT2D eigenvalue weighted by Crippen LogP contribution is -2.54. The molecule has 4 fully saturated rings. The molecule has 4 aliphatic rings. The number of ketones is 1. The highest BCUT2D eigenvalue weighted by Crippen LogP contribution is 2.65. The largest absolute Gasteiger partial charge is 0.393 e. The molecule has 0 aromatic rings. The third-order valence-electron chi connectivity index (χ3n) is 8.43. The van der Waals surface area contributed by atoms with Crippen LogP contribution < -0.4 is 0 Å². The standard InChI is InChI=1S/C19H30O2/c1-18-9-7-13(20)11-12(18)3-4-14-15-5-6-17(21)19(15,2)10-8-16(14)18/h12,14-17,21H,3-11H2,1-2H3/t12-,14-,15?,16-,17-,18-,19-/m0/s1. The molecular formula is C19H30O2. The molecule has 7 atom stereocenters. The second kappa shape index (κ2) is 4.57. The van der Waals surface area contributed by atoms with Gasteiger partial charge in [-0.25, -0.2) is 0 Å². The third kappa shape index (κ3) is 1.84. The maximum atomic E-state index is 11.9. The zero-order valence-corrected chi connectivity index (χ0v) is 13.6. The number of Topliss-reactive ketones (excluding diaryl/α,β-unsaturated/α-hetero) is 1. The number of hydrogen-bond acceptors (Lipinski definition) is 2. The molecule has 118 valence electrons. The SMILES string of the molecule is C[C@]12CCC(=O)C[C@@H]1CC[C@H]1C3CC[C@H](O)[C@@]3(C)CC[C@@H]12. The van der Waals surface area contributed by atoms with E-state index < -0.39 is 0 Å². The van der Waals surface area contributed by atoms with E-state index in [1.807, 2.05) is 0 Å². The Bertz CT molecular complexity index is 458. The first kappa shape index (κ1) is 14.2. The molecule has 0 saturated heterocycles. The van der Waals surface area contributed by atoms with Crippen LogP contribution in [-0.2, 0) is 4.79 Å². The van der Waals surface area contributed by atoms with Crippen LogP contribution in [0.3, 0.4) is 0 Å². The monoisotopic (exact) mass is 290 g/mol. The molecule has 1 unspecified atom stereocenters. The molecule has 21 heavy (non-hydrogen) atoms. The third-order valence-corrected chi connectivity index (χ3v) is 8.43. The van der Waals surface area contributed by atoms with Crippen LogP contribution in [0.15, 0.2) is 0 Å². The van der Waals surface area contributed by atoms with Gasteiger partial charge in [0.25, 0.3) is 0 Å². The van der Waals surface area contributed by atoms with Crippen molar-refractivity contribution in [1.82, 2.24) is 0 Å². The van der Waals surface area contributed by atoms with Gasteiger partial charge in [-0.2, -0.15) is 0 Å². The Hall–Kier alpha value is -0.370. The fourth-order valence-corrected chi connectivity index (χ4v) is 7.02. The summed E-state index contributed by atoms with van der Waals surface area (Å²) in [5.74, 6) is 3.52. The molecule has 4 saturated carbocycles. The first-order valence-electron chi connectivity index (χ1n) is 9.15. The topological polar surface area (TPSA) is 37.3 Å². The Labute approximate surface area is 128 Å². The molecule has 0 spiro atoms. The van der Waals surface area contributed by atoms with Crippen molar-refractivity contribution >= 4 is 5.78 Å². The van der Waals surface area contributed by atoms with E-state index in [1.54, 1.807) is 0 Å². The summed E-state index contributed by atoms with van der Waals surface area (Å²) in [7, 11) is 0. The summed E-state index contributed by atoms with van der Waals surface area (Å²) in [6.45, 7) is 4.85. The Morgan fingerprint density at radius 2 is 1.71 bits per heavy atom. The number of rotatable bonds is 0. The molecule has 0 aromatic heterocycles. The Balaban J connectivity index is 1.64. The summed E-state index contributed by atoms with van der Waals surface area (Å²) in [6, 6.07) is 0. The van der Waals surface area contributed by atoms with Crippen molar-refractivity contribution in [3.8, 4) is 0 Å². The van der Waals surface area contributed by atoms with Crippen molar-refractivity contribution in [2.24, 2.45) is 34.5 Å². The summed E-state index contributed by atoms with van der Waals surface area (Å²) in [4.78, 5) is 11.9. The van der Waals surface area contributed by atoms with Crippen LogP contribution in [0.5, 0.6) is 0 Å². The number of carbonyl (C=O) groups is 1. The minimum absolute atomic E-state index is 0.0677. The van der Waals surface area contributed by atoms with Gasteiger partial charge in [-0.1, -0.05) is 13.8 Å². The first-order chi connectivity index (χ1) is 9.95. The molecule has 0 bridgehead atoms. The van der Waals surface area contributed by atoms with E-state index in [4.69, 9.17) is 0 Å². The van der Waals surface area contributed by atoms with Crippen LogP contribution in [0.25, 0.3) is 0 Å². The lowest BCUT2D eigenvalue weighted by atomic mass is 9.45. The molecule has 2 heteroatoms. The van der Waals surface area contributed by atoms with Gasteiger partial charge >= 0.3 is 0 Å². The predicted molar refractivity (Wildman–Crippen MR) is 82.7 cm³/mol. The molecule has 0 amide bonds. The fraction of sp³-hybridized carbons (Fsp3) is 0.947. The van der Waals surface area contributed by atoms with Crippen LogP contribution in [0.4, 0.5) is 0 Å². The normalized spacial score (nSPS) is 56.5. The highest BCUT2D eigenvalue weighted by atomic mass is 16.3. The Morgan fingerprint density at radius 3 is 2.52 bits per heavy atom. The van der Waals surface area contributed by atoms with Gasteiger partial charge in [0.15, 0.2) is 0 Å². The van der Waals surface area contributed by atoms with Crippen molar-refractivity contribution in [2.75, 3.05) is 0 Å². The van der Waals surface area contributed by atoms with Gasteiger partial charge in [0.1, 0.15) is 5.78 Å². The number of aliphatic hydroxyl groups excluding tert-OH is 1. The van der Waals surface area contributed by atoms with Crippen molar-refractivity contribution < 1.29 is 9.90 Å². The molecule has 1 N–H and O–H groups in total. The molecular weight excluding hydrogens is 260 g/mol.